The van der Waals surface area contributed by atoms with Gasteiger partial charge in [-0.2, -0.15) is 0 Å². The summed E-state index contributed by atoms with van der Waals surface area (Å²) in [4.78, 5) is 22.7. The van der Waals surface area contributed by atoms with Gasteiger partial charge in [-0.25, -0.2) is 0 Å². The van der Waals surface area contributed by atoms with E-state index in [2.05, 4.69) is 0 Å². The van der Waals surface area contributed by atoms with Crippen LogP contribution in [0.5, 0.6) is 23.0 Å². The summed E-state index contributed by atoms with van der Waals surface area (Å²) in [5.74, 6) is 2.90. The van der Waals surface area contributed by atoms with Crippen molar-refractivity contribution in [2.45, 2.75) is 49.3 Å². The summed E-state index contributed by atoms with van der Waals surface area (Å²) in [7, 11) is 0. The maximum absolute atomic E-state index is 10.7. The number of phenols is 4. The number of thioether (sulfide) groups is 4. The number of aromatic hydroxyl groups is 4. The van der Waals surface area contributed by atoms with Crippen molar-refractivity contribution in [1.29, 1.82) is 0 Å². The van der Waals surface area contributed by atoms with Crippen molar-refractivity contribution in [2.75, 3.05) is 49.4 Å². The van der Waals surface area contributed by atoms with Crippen LogP contribution in [0.4, 0.5) is 0 Å². The highest BCUT2D eigenvalue weighted by Crippen LogP contribution is 2.36. The van der Waals surface area contributed by atoms with Crippen LogP contribution in [0.3, 0.4) is 0 Å². The first kappa shape index (κ1) is 36.3. The standard InChI is InChI=1S/C14H20O5S2.C14H20O3S2/c1-11(15)20-9-7-18-5-6-19-8-10-21-13-4-2-3-12(16)14(13)17;1-11(15)18-9-4-2-3-5-10-19-13-8-6-7-12(16)14(13)17/h2-4,16-17H,5-10H2,1H3;6-8,16-17H,2-5,9-10H2,1H3. The average molecular weight is 633 g/mol. The third-order valence-electron chi connectivity index (χ3n) is 4.95. The molecular weight excluding hydrogens is 593 g/mol. The van der Waals surface area contributed by atoms with Crippen LogP contribution in [0.1, 0.15) is 39.5 Å². The van der Waals surface area contributed by atoms with E-state index in [4.69, 9.17) is 9.47 Å². The Kier molecular flexibility index (Phi) is 20.8. The minimum absolute atomic E-state index is 0.0228. The van der Waals surface area contributed by atoms with Gasteiger partial charge in [0.1, 0.15) is 0 Å². The van der Waals surface area contributed by atoms with E-state index in [1.165, 1.54) is 54.3 Å². The molecule has 12 heteroatoms. The summed E-state index contributed by atoms with van der Waals surface area (Å²) in [6, 6.07) is 9.89. The number of hydrogen-bond acceptors (Lipinski definition) is 12. The summed E-state index contributed by atoms with van der Waals surface area (Å²) in [5, 5.41) is 38.2. The number of benzene rings is 2. The summed E-state index contributed by atoms with van der Waals surface area (Å²) < 4.78 is 10.7. The zero-order valence-electron chi connectivity index (χ0n) is 23.0. The minimum atomic E-state index is -0.113. The lowest BCUT2D eigenvalue weighted by Crippen LogP contribution is -2.08. The molecule has 0 atom stereocenters. The van der Waals surface area contributed by atoms with Crippen molar-refractivity contribution in [1.82, 2.24) is 0 Å². The maximum Gasteiger partial charge on any atom is 0.185 e. The Bertz CT molecular complexity index is 1010. The molecule has 8 nitrogen and oxygen atoms in total. The molecule has 224 valence electrons. The molecule has 0 bridgehead atoms. The van der Waals surface area contributed by atoms with E-state index in [0.717, 1.165) is 42.1 Å². The van der Waals surface area contributed by atoms with Gasteiger partial charge in [0.25, 0.3) is 0 Å². The van der Waals surface area contributed by atoms with Gasteiger partial charge in [-0.1, -0.05) is 48.5 Å². The highest BCUT2D eigenvalue weighted by Gasteiger charge is 2.06. The Morgan fingerprint density at radius 1 is 0.600 bits per heavy atom. The Labute approximate surface area is 254 Å². The van der Waals surface area contributed by atoms with Crippen molar-refractivity contribution < 1.29 is 39.5 Å². The Morgan fingerprint density at radius 3 is 1.57 bits per heavy atom. The molecule has 0 fully saturated rings. The minimum Gasteiger partial charge on any atom is -0.504 e. The predicted molar refractivity (Wildman–Crippen MR) is 167 cm³/mol. The first-order valence-corrected chi connectivity index (χ1v) is 16.9. The number of rotatable bonds is 18. The molecule has 0 spiro atoms. The first-order valence-electron chi connectivity index (χ1n) is 12.9. The van der Waals surface area contributed by atoms with Crippen LogP contribution in [0.25, 0.3) is 0 Å². The molecule has 0 heterocycles. The first-order chi connectivity index (χ1) is 19.2. The number of phenolic OH excluding ortho intramolecular Hbond substituents is 4. The molecule has 2 aromatic rings. The molecule has 0 aromatic heterocycles. The fourth-order valence-corrected chi connectivity index (χ4v) is 5.93. The lowest BCUT2D eigenvalue weighted by molar-refractivity contribution is -0.109. The van der Waals surface area contributed by atoms with E-state index in [0.29, 0.717) is 42.8 Å². The molecule has 0 amide bonds. The van der Waals surface area contributed by atoms with E-state index in [1.807, 2.05) is 6.07 Å². The van der Waals surface area contributed by atoms with Crippen LogP contribution in [-0.2, 0) is 19.1 Å². The maximum atomic E-state index is 10.7. The molecule has 0 aliphatic heterocycles. The second-order valence-corrected chi connectivity index (χ2v) is 13.1. The van der Waals surface area contributed by atoms with Crippen molar-refractivity contribution >= 4 is 57.3 Å². The summed E-state index contributed by atoms with van der Waals surface area (Å²) in [6.45, 7) is 5.21. The van der Waals surface area contributed by atoms with E-state index in [1.54, 1.807) is 36.9 Å². The second kappa shape index (κ2) is 22.9. The molecular formula is C28H40O8S4. The summed E-state index contributed by atoms with van der Waals surface area (Å²) in [6.07, 6.45) is 4.41. The van der Waals surface area contributed by atoms with Crippen LogP contribution in [0, 0.1) is 0 Å². The third kappa shape index (κ3) is 17.9. The van der Waals surface area contributed by atoms with Crippen molar-refractivity contribution in [3.05, 3.63) is 36.4 Å². The van der Waals surface area contributed by atoms with Crippen LogP contribution >= 0.6 is 47.0 Å². The van der Waals surface area contributed by atoms with Crippen LogP contribution in [0.2, 0.25) is 0 Å². The van der Waals surface area contributed by atoms with Crippen LogP contribution in [0.15, 0.2) is 46.2 Å². The van der Waals surface area contributed by atoms with E-state index >= 15 is 0 Å². The smallest absolute Gasteiger partial charge is 0.185 e. The molecule has 4 N–H and O–H groups in total. The van der Waals surface area contributed by atoms with E-state index in [-0.39, 0.29) is 33.2 Å². The molecule has 2 rings (SSSR count). The summed E-state index contributed by atoms with van der Waals surface area (Å²) in [5.41, 5.74) is 0. The zero-order chi connectivity index (χ0) is 29.6. The monoisotopic (exact) mass is 632 g/mol. The van der Waals surface area contributed by atoms with Crippen LogP contribution in [-0.4, -0.2) is 80.1 Å². The molecule has 0 radical (unpaired) electrons. The normalized spacial score (nSPS) is 10.7. The summed E-state index contributed by atoms with van der Waals surface area (Å²) >= 11 is 5.62. The highest BCUT2D eigenvalue weighted by molar-refractivity contribution is 8.13. The lowest BCUT2D eigenvalue weighted by Gasteiger charge is -2.07. The van der Waals surface area contributed by atoms with E-state index < -0.39 is 0 Å². The number of hydrogen-bond donors (Lipinski definition) is 4. The highest BCUT2D eigenvalue weighted by atomic mass is 32.2. The quantitative estimate of drug-likeness (QED) is 0.0808. The predicted octanol–water partition coefficient (Wildman–Crippen LogP) is 6.53. The lowest BCUT2D eigenvalue weighted by atomic mass is 10.2. The Morgan fingerprint density at radius 2 is 1.05 bits per heavy atom. The molecule has 0 saturated carbocycles. The van der Waals surface area contributed by atoms with Crippen LogP contribution < -0.4 is 0 Å². The zero-order valence-corrected chi connectivity index (χ0v) is 26.3. The number of ether oxygens (including phenoxy) is 2. The van der Waals surface area contributed by atoms with Gasteiger partial charge >= 0.3 is 0 Å². The number of carbonyl (C=O) groups is 2. The van der Waals surface area contributed by atoms with Gasteiger partial charge in [-0.3, -0.25) is 9.59 Å². The Hall–Kier alpha value is -1.70. The fraction of sp³-hybridized carbons (Fsp3) is 0.500. The number of para-hydroxylation sites is 2. The van der Waals surface area contributed by atoms with Gasteiger partial charge in [0.05, 0.1) is 36.2 Å². The topological polar surface area (TPSA) is 134 Å². The molecule has 0 unspecified atom stereocenters. The van der Waals surface area contributed by atoms with Crippen molar-refractivity contribution in [3.8, 4) is 23.0 Å². The molecule has 40 heavy (non-hydrogen) atoms. The SMILES string of the molecule is CC(=O)SCCCCCCSc1cccc(O)c1O.CC(=O)SCCOCCOCCSc1cccc(O)c1O. The fourth-order valence-electron chi connectivity index (χ4n) is 2.99. The molecule has 0 saturated heterocycles. The van der Waals surface area contributed by atoms with Gasteiger partial charge in [0, 0.05) is 31.1 Å². The molecule has 0 aliphatic rings. The van der Waals surface area contributed by atoms with Crippen molar-refractivity contribution in [2.24, 2.45) is 0 Å². The number of carbonyl (C=O) groups excluding carboxylic acids is 2. The van der Waals surface area contributed by atoms with Gasteiger partial charge < -0.3 is 29.9 Å². The van der Waals surface area contributed by atoms with Gasteiger partial charge in [-0.15, -0.1) is 23.5 Å². The second-order valence-electron chi connectivity index (χ2n) is 8.26. The van der Waals surface area contributed by atoms with Gasteiger partial charge in [-0.05, 0) is 42.9 Å². The Balaban J connectivity index is 0.000000402. The third-order valence-corrected chi connectivity index (χ3v) is 8.77. The van der Waals surface area contributed by atoms with Gasteiger partial charge in [0.15, 0.2) is 33.2 Å². The largest absolute Gasteiger partial charge is 0.504 e. The number of unbranched alkanes of at least 4 members (excludes halogenated alkanes) is 3. The van der Waals surface area contributed by atoms with Crippen molar-refractivity contribution in [3.63, 3.8) is 0 Å². The van der Waals surface area contributed by atoms with E-state index in [9.17, 15) is 30.0 Å². The molecule has 0 aliphatic carbocycles. The average Bonchev–Trinajstić information content (AvgIpc) is 2.91. The molecule has 2 aromatic carbocycles. The van der Waals surface area contributed by atoms with Gasteiger partial charge in [0.2, 0.25) is 0 Å².